The minimum absolute atomic E-state index is 0. The molecule has 0 aliphatic carbocycles. The summed E-state index contributed by atoms with van der Waals surface area (Å²) in [5.41, 5.74) is 7.05. The van der Waals surface area contributed by atoms with Crippen molar-refractivity contribution < 1.29 is 24.2 Å². The van der Waals surface area contributed by atoms with Crippen molar-refractivity contribution in [2.75, 3.05) is 13.7 Å². The Balaban J connectivity index is 0.00000420. The Morgan fingerprint density at radius 1 is 1.31 bits per heavy atom. The van der Waals surface area contributed by atoms with Gasteiger partial charge in [0.15, 0.2) is 5.82 Å². The quantitative estimate of drug-likeness (QED) is 0.260. The van der Waals surface area contributed by atoms with Crippen LogP contribution in [0.25, 0.3) is 0 Å². The van der Waals surface area contributed by atoms with Crippen LogP contribution in [0.3, 0.4) is 0 Å². The molecule has 0 aliphatic rings. The number of hydrogen-bond acceptors (Lipinski definition) is 9. The van der Waals surface area contributed by atoms with E-state index in [1.165, 1.54) is 4.68 Å². The van der Waals surface area contributed by atoms with Crippen molar-refractivity contribution in [3.05, 3.63) is 35.7 Å². The largest absolute Gasteiger partial charge is 0.633 e. The molecule has 0 fully saturated rings. The number of ether oxygens (including phenoxy) is 1. The highest BCUT2D eigenvalue weighted by Crippen LogP contribution is 2.14. The van der Waals surface area contributed by atoms with E-state index < -0.39 is 13.4 Å². The highest BCUT2D eigenvalue weighted by Gasteiger charge is 2.17. The summed E-state index contributed by atoms with van der Waals surface area (Å²) in [5, 5.41) is 31.4. The van der Waals surface area contributed by atoms with E-state index in [2.05, 4.69) is 25.5 Å². The van der Waals surface area contributed by atoms with E-state index in [1.807, 2.05) is 24.3 Å². The molecule has 29 heavy (non-hydrogen) atoms. The zero-order valence-electron chi connectivity index (χ0n) is 16.1. The number of halogens is 1. The van der Waals surface area contributed by atoms with Crippen molar-refractivity contribution >= 4 is 25.6 Å². The fourth-order valence-electron chi connectivity index (χ4n) is 2.51. The Morgan fingerprint density at radius 3 is 2.69 bits per heavy atom. The molecule has 11 nitrogen and oxygen atoms in total. The van der Waals surface area contributed by atoms with Crippen LogP contribution in [0, 0.1) is 0 Å². The van der Waals surface area contributed by atoms with Crippen LogP contribution in [-0.2, 0) is 22.5 Å². The second-order valence-corrected chi connectivity index (χ2v) is 6.12. The summed E-state index contributed by atoms with van der Waals surface area (Å²) in [5.74, 6) is 0.936. The number of benzene rings is 1. The number of carbonyl (C=O) groups excluding carboxylic acids is 1. The molecule has 1 aromatic carbocycles. The minimum atomic E-state index is -1.77. The van der Waals surface area contributed by atoms with Gasteiger partial charge in [-0.25, -0.2) is 4.68 Å². The normalized spacial score (nSPS) is 11.4. The lowest BCUT2D eigenvalue weighted by Crippen LogP contribution is -2.29. The van der Waals surface area contributed by atoms with Gasteiger partial charge >= 0.3 is 7.32 Å². The van der Waals surface area contributed by atoms with E-state index >= 15 is 0 Å². The average Bonchev–Trinajstić information content (AvgIpc) is 3.14. The molecule has 0 saturated carbocycles. The summed E-state index contributed by atoms with van der Waals surface area (Å²) in [6.45, 7) is 0.554. The molecule has 160 valence electrons. The molecule has 1 atom stereocenters. The molecule has 1 heterocycles. The smallest absolute Gasteiger partial charge is 0.497 e. The first-order valence-corrected chi connectivity index (χ1v) is 8.88. The molecule has 13 heteroatoms. The molecule has 1 amide bonds. The van der Waals surface area contributed by atoms with Crippen molar-refractivity contribution in [1.82, 2.24) is 25.5 Å². The Hall–Kier alpha value is -2.25. The number of nitrogens with two attached hydrogens (primary N) is 1. The first kappa shape index (κ1) is 24.8. The summed E-state index contributed by atoms with van der Waals surface area (Å²) < 4.78 is 11.1. The lowest BCUT2D eigenvalue weighted by Gasteiger charge is -2.12. The first-order valence-electron chi connectivity index (χ1n) is 8.88. The Kier molecular flexibility index (Phi) is 11.2. The molecule has 0 spiro atoms. The molecule has 2 rings (SSSR count). The second-order valence-electron chi connectivity index (χ2n) is 6.12. The fraction of sp³-hybridized carbons (Fsp3) is 0.500. The van der Waals surface area contributed by atoms with Gasteiger partial charge in [0.2, 0.25) is 5.91 Å². The van der Waals surface area contributed by atoms with Crippen LogP contribution >= 0.6 is 12.4 Å². The number of tetrazole rings is 1. The maximum Gasteiger partial charge on any atom is 0.633 e. The maximum atomic E-state index is 12.2. The monoisotopic (exact) mass is 428 g/mol. The molecule has 0 saturated heterocycles. The number of amides is 1. The number of carbonyl (C=O) groups is 1. The van der Waals surface area contributed by atoms with Crippen molar-refractivity contribution in [3.8, 4) is 5.75 Å². The second kappa shape index (κ2) is 13.1. The van der Waals surface area contributed by atoms with Crippen LogP contribution < -0.4 is 15.8 Å². The van der Waals surface area contributed by atoms with Gasteiger partial charge in [0.25, 0.3) is 0 Å². The van der Waals surface area contributed by atoms with E-state index in [0.29, 0.717) is 31.6 Å². The summed E-state index contributed by atoms with van der Waals surface area (Å²) >= 11 is 0. The van der Waals surface area contributed by atoms with Crippen LogP contribution in [0.15, 0.2) is 24.3 Å². The highest BCUT2D eigenvalue weighted by molar-refractivity contribution is 6.32. The van der Waals surface area contributed by atoms with Crippen LogP contribution in [0.1, 0.15) is 36.7 Å². The highest BCUT2D eigenvalue weighted by atomic mass is 35.5. The number of rotatable bonds is 12. The third-order valence-electron chi connectivity index (χ3n) is 4.01. The first-order chi connectivity index (χ1) is 13.5. The van der Waals surface area contributed by atoms with Gasteiger partial charge in [0.1, 0.15) is 12.3 Å². The number of unbranched alkanes of at least 4 members (excludes halogenated alkanes) is 1. The molecule has 1 aromatic heterocycles. The number of aromatic nitrogens is 4. The van der Waals surface area contributed by atoms with Crippen molar-refractivity contribution in [3.63, 3.8) is 0 Å². The number of nitrogens with one attached hydrogen (secondary N) is 1. The number of hydrogen-bond donors (Lipinski definition) is 4. The molecule has 5 N–H and O–H groups in total. The zero-order valence-corrected chi connectivity index (χ0v) is 16.9. The van der Waals surface area contributed by atoms with Gasteiger partial charge in [-0.2, -0.15) is 0 Å². The summed E-state index contributed by atoms with van der Waals surface area (Å²) in [4.78, 5) is 12.2. The van der Waals surface area contributed by atoms with E-state index in [4.69, 9.17) is 20.5 Å². The zero-order chi connectivity index (χ0) is 20.4. The topological polar surface area (TPSA) is 158 Å². The summed E-state index contributed by atoms with van der Waals surface area (Å²) in [7, 11) is -0.171. The fourth-order valence-corrected chi connectivity index (χ4v) is 2.51. The molecule has 2 aromatic rings. The van der Waals surface area contributed by atoms with E-state index in [1.54, 1.807) is 7.11 Å². The molecule has 0 bridgehead atoms. The molecular formula is C16H26BClN6O5. The Morgan fingerprint density at radius 2 is 2.03 bits per heavy atom. The van der Waals surface area contributed by atoms with Crippen LogP contribution in [-0.4, -0.2) is 57.2 Å². The lowest BCUT2D eigenvalue weighted by atomic mass is 10.1. The Labute approximate surface area is 175 Å². The minimum Gasteiger partial charge on any atom is -0.497 e. The third-order valence-corrected chi connectivity index (χ3v) is 4.01. The van der Waals surface area contributed by atoms with Gasteiger partial charge < -0.3 is 30.5 Å². The number of nitrogens with zero attached hydrogens (tertiary/aromatic N) is 4. The van der Waals surface area contributed by atoms with Crippen molar-refractivity contribution in [2.45, 2.75) is 38.4 Å². The maximum absolute atomic E-state index is 12.2. The van der Waals surface area contributed by atoms with E-state index in [-0.39, 0.29) is 31.5 Å². The predicted octanol–water partition coefficient (Wildman–Crippen LogP) is -0.424. The lowest BCUT2D eigenvalue weighted by molar-refractivity contribution is -0.122. The van der Waals surface area contributed by atoms with Crippen LogP contribution in [0.5, 0.6) is 5.75 Å². The summed E-state index contributed by atoms with van der Waals surface area (Å²) in [6.07, 6.45) is 1.86. The molecule has 0 radical (unpaired) electrons. The SMILES string of the molecule is COc1ccc(CNC(=O)Cn2nnnc2C(N)CCCCOB(O)O)cc1.Cl. The van der Waals surface area contributed by atoms with Crippen LogP contribution in [0.2, 0.25) is 0 Å². The predicted molar refractivity (Wildman–Crippen MR) is 107 cm³/mol. The molecule has 0 aliphatic heterocycles. The summed E-state index contributed by atoms with van der Waals surface area (Å²) in [6, 6.07) is 6.95. The van der Waals surface area contributed by atoms with Gasteiger partial charge in [-0.15, -0.1) is 17.5 Å². The third kappa shape index (κ3) is 8.75. The van der Waals surface area contributed by atoms with Gasteiger partial charge in [0, 0.05) is 13.2 Å². The van der Waals surface area contributed by atoms with Gasteiger partial charge in [-0.3, -0.25) is 4.79 Å². The molecular weight excluding hydrogens is 402 g/mol. The van der Waals surface area contributed by atoms with Crippen molar-refractivity contribution in [2.24, 2.45) is 5.73 Å². The van der Waals surface area contributed by atoms with Gasteiger partial charge in [0.05, 0.1) is 13.2 Å². The average molecular weight is 429 g/mol. The van der Waals surface area contributed by atoms with E-state index in [9.17, 15) is 4.79 Å². The Bertz CT molecular complexity index is 733. The molecule has 1 unspecified atom stereocenters. The van der Waals surface area contributed by atoms with E-state index in [0.717, 1.165) is 11.3 Å². The van der Waals surface area contributed by atoms with Gasteiger partial charge in [-0.1, -0.05) is 12.1 Å². The van der Waals surface area contributed by atoms with Crippen molar-refractivity contribution in [1.29, 1.82) is 0 Å². The van der Waals surface area contributed by atoms with Gasteiger partial charge in [-0.05, 0) is 47.4 Å². The van der Waals surface area contributed by atoms with Crippen LogP contribution in [0.4, 0.5) is 0 Å². The standard InChI is InChI=1S/C16H25BN6O5.ClH/c1-27-13-7-5-12(6-8-13)10-19-15(24)11-23-16(20-21-22-23)14(18)4-2-3-9-28-17(25)26;/h5-8,14,25-26H,2-4,9-11,18H2,1H3,(H,19,24);1H. The number of methoxy groups -OCH3 is 1.